The highest BCUT2D eigenvalue weighted by molar-refractivity contribution is 6.29. The molecule has 1 aromatic heterocycles. The molecule has 0 aliphatic carbocycles. The fourth-order valence-corrected chi connectivity index (χ4v) is 2.61. The van der Waals surface area contributed by atoms with Gasteiger partial charge in [-0.3, -0.25) is 9.59 Å². The lowest BCUT2D eigenvalue weighted by Crippen LogP contribution is -2.28. The van der Waals surface area contributed by atoms with Crippen molar-refractivity contribution in [1.82, 2.24) is 4.98 Å². The van der Waals surface area contributed by atoms with E-state index in [0.717, 1.165) is 11.1 Å². The first-order valence-electron chi connectivity index (χ1n) is 6.79. The van der Waals surface area contributed by atoms with Crippen LogP contribution >= 0.6 is 11.6 Å². The zero-order valence-electron chi connectivity index (χ0n) is 11.6. The van der Waals surface area contributed by atoms with Crippen LogP contribution in [0.1, 0.15) is 23.5 Å². The number of amides is 1. The van der Waals surface area contributed by atoms with E-state index in [-0.39, 0.29) is 18.9 Å². The van der Waals surface area contributed by atoms with Crippen molar-refractivity contribution in [3.8, 4) is 0 Å². The van der Waals surface area contributed by atoms with Crippen LogP contribution < -0.4 is 5.32 Å². The molecule has 1 aliphatic rings. The number of para-hydroxylation sites is 1. The Morgan fingerprint density at radius 2 is 2.18 bits per heavy atom. The Hall–Kier alpha value is -2.40. The number of benzene rings is 1. The summed E-state index contributed by atoms with van der Waals surface area (Å²) in [5.41, 5.74) is 2.19. The Bertz CT molecular complexity index is 733. The molecule has 0 radical (unpaired) electrons. The first kappa shape index (κ1) is 14.5. The largest absolute Gasteiger partial charge is 0.460 e. The Labute approximate surface area is 132 Å². The van der Waals surface area contributed by atoms with Gasteiger partial charge >= 0.3 is 5.97 Å². The van der Waals surface area contributed by atoms with Gasteiger partial charge in [0, 0.05) is 18.3 Å². The lowest BCUT2D eigenvalue weighted by Gasteiger charge is -2.24. The standard InChI is InChI=1S/C16H13ClN2O3/c17-14-7-10(5-6-18-14)9-22-16(21)12-8-15(20)19-13-4-2-1-3-11(12)13/h1-7,12H,8-9H2,(H,19,20)/t12-/m0/s1. The number of ether oxygens (including phenoxy) is 1. The van der Waals surface area contributed by atoms with Gasteiger partial charge in [0.2, 0.25) is 5.91 Å². The summed E-state index contributed by atoms with van der Waals surface area (Å²) in [6.07, 6.45) is 1.64. The number of aromatic nitrogens is 1. The van der Waals surface area contributed by atoms with Crippen molar-refractivity contribution in [1.29, 1.82) is 0 Å². The number of nitrogens with zero attached hydrogens (tertiary/aromatic N) is 1. The minimum Gasteiger partial charge on any atom is -0.460 e. The maximum absolute atomic E-state index is 12.3. The molecule has 0 saturated heterocycles. The van der Waals surface area contributed by atoms with Crippen LogP contribution in [0.3, 0.4) is 0 Å². The molecule has 0 saturated carbocycles. The summed E-state index contributed by atoms with van der Waals surface area (Å²) in [5.74, 6) is -1.19. The molecule has 1 N–H and O–H groups in total. The average molecular weight is 317 g/mol. The monoisotopic (exact) mass is 316 g/mol. The van der Waals surface area contributed by atoms with Crippen molar-refractivity contribution < 1.29 is 14.3 Å². The van der Waals surface area contributed by atoms with Gasteiger partial charge in [-0.1, -0.05) is 29.8 Å². The number of esters is 1. The number of carbonyl (C=O) groups excluding carboxylic acids is 2. The molecule has 0 unspecified atom stereocenters. The molecule has 5 nitrogen and oxygen atoms in total. The second kappa shape index (κ2) is 6.15. The quantitative estimate of drug-likeness (QED) is 0.698. The van der Waals surface area contributed by atoms with Gasteiger partial charge in [0.05, 0.1) is 5.92 Å². The molecule has 112 valence electrons. The van der Waals surface area contributed by atoms with E-state index in [9.17, 15) is 9.59 Å². The fourth-order valence-electron chi connectivity index (χ4n) is 2.41. The molecule has 1 amide bonds. The number of carbonyl (C=O) groups is 2. The zero-order valence-corrected chi connectivity index (χ0v) is 12.3. The van der Waals surface area contributed by atoms with Crippen molar-refractivity contribution in [2.45, 2.75) is 18.9 Å². The van der Waals surface area contributed by atoms with Gasteiger partial charge in [-0.05, 0) is 29.3 Å². The lowest BCUT2D eigenvalue weighted by molar-refractivity contribution is -0.148. The van der Waals surface area contributed by atoms with E-state index in [1.807, 2.05) is 18.2 Å². The lowest BCUT2D eigenvalue weighted by atomic mass is 9.91. The smallest absolute Gasteiger partial charge is 0.314 e. The van der Waals surface area contributed by atoms with Crippen LogP contribution in [0.2, 0.25) is 5.15 Å². The number of anilines is 1. The average Bonchev–Trinajstić information content (AvgIpc) is 2.52. The molecule has 1 aromatic carbocycles. The molecule has 1 aliphatic heterocycles. The highest BCUT2D eigenvalue weighted by Gasteiger charge is 2.31. The molecule has 0 fully saturated rings. The number of hydrogen-bond acceptors (Lipinski definition) is 4. The molecule has 2 heterocycles. The first-order valence-corrected chi connectivity index (χ1v) is 7.17. The molecular weight excluding hydrogens is 304 g/mol. The molecule has 2 aromatic rings. The molecule has 0 spiro atoms. The Balaban J connectivity index is 1.74. The highest BCUT2D eigenvalue weighted by Crippen LogP contribution is 2.32. The van der Waals surface area contributed by atoms with Gasteiger partial charge in [0.1, 0.15) is 11.8 Å². The van der Waals surface area contributed by atoms with Crippen LogP contribution in [0.25, 0.3) is 0 Å². The van der Waals surface area contributed by atoms with Crippen molar-refractivity contribution in [2.24, 2.45) is 0 Å². The second-order valence-corrected chi connectivity index (χ2v) is 5.37. The second-order valence-electron chi connectivity index (χ2n) is 4.99. The van der Waals surface area contributed by atoms with E-state index in [2.05, 4.69) is 10.3 Å². The van der Waals surface area contributed by atoms with E-state index in [1.54, 1.807) is 24.4 Å². The van der Waals surface area contributed by atoms with Crippen molar-refractivity contribution in [3.05, 3.63) is 58.9 Å². The molecule has 22 heavy (non-hydrogen) atoms. The van der Waals surface area contributed by atoms with Gasteiger partial charge in [-0.25, -0.2) is 4.98 Å². The number of nitrogens with one attached hydrogen (secondary N) is 1. The summed E-state index contributed by atoms with van der Waals surface area (Å²) in [4.78, 5) is 27.9. The number of fused-ring (bicyclic) bond motifs is 1. The molecule has 6 heteroatoms. The SMILES string of the molecule is O=C1C[C@H](C(=O)OCc2ccnc(Cl)c2)c2ccccc2N1. The van der Waals surface area contributed by atoms with Gasteiger partial charge in [0.15, 0.2) is 0 Å². The molecule has 3 rings (SSSR count). The fraction of sp³-hybridized carbons (Fsp3) is 0.188. The van der Waals surface area contributed by atoms with E-state index >= 15 is 0 Å². The van der Waals surface area contributed by atoms with E-state index in [4.69, 9.17) is 16.3 Å². The topological polar surface area (TPSA) is 68.3 Å². The van der Waals surface area contributed by atoms with E-state index in [1.165, 1.54) is 0 Å². The maximum Gasteiger partial charge on any atom is 0.314 e. The van der Waals surface area contributed by atoms with Crippen LogP contribution in [0.15, 0.2) is 42.6 Å². The predicted molar refractivity (Wildman–Crippen MR) is 81.5 cm³/mol. The van der Waals surface area contributed by atoms with Crippen LogP contribution in [-0.4, -0.2) is 16.9 Å². The van der Waals surface area contributed by atoms with Gasteiger partial charge in [0.25, 0.3) is 0 Å². The molecule has 1 atom stereocenters. The van der Waals surface area contributed by atoms with Crippen molar-refractivity contribution in [2.75, 3.05) is 5.32 Å². The minimum atomic E-state index is -0.581. The summed E-state index contributed by atoms with van der Waals surface area (Å²) >= 11 is 5.79. The maximum atomic E-state index is 12.3. The Kier molecular flexibility index (Phi) is 4.06. The van der Waals surface area contributed by atoms with Crippen LogP contribution in [0.5, 0.6) is 0 Å². The van der Waals surface area contributed by atoms with E-state index < -0.39 is 11.9 Å². The van der Waals surface area contributed by atoms with Crippen molar-refractivity contribution >= 4 is 29.2 Å². The normalized spacial score (nSPS) is 16.6. The number of halogens is 1. The summed E-state index contributed by atoms with van der Waals surface area (Å²) in [7, 11) is 0. The summed E-state index contributed by atoms with van der Waals surface area (Å²) in [6, 6.07) is 10.6. The number of hydrogen-bond donors (Lipinski definition) is 1. The zero-order chi connectivity index (χ0) is 15.5. The van der Waals surface area contributed by atoms with Crippen LogP contribution in [0.4, 0.5) is 5.69 Å². The minimum absolute atomic E-state index is 0.0902. The Morgan fingerprint density at radius 1 is 1.36 bits per heavy atom. The summed E-state index contributed by atoms with van der Waals surface area (Å²) < 4.78 is 5.32. The van der Waals surface area contributed by atoms with E-state index in [0.29, 0.717) is 10.8 Å². The first-order chi connectivity index (χ1) is 10.6. The van der Waals surface area contributed by atoms with Crippen LogP contribution in [0, 0.1) is 0 Å². The third kappa shape index (κ3) is 3.09. The third-order valence-corrected chi connectivity index (χ3v) is 3.66. The summed E-state index contributed by atoms with van der Waals surface area (Å²) in [5, 5.41) is 3.10. The van der Waals surface area contributed by atoms with Crippen molar-refractivity contribution in [3.63, 3.8) is 0 Å². The summed E-state index contributed by atoms with van der Waals surface area (Å²) in [6.45, 7) is 0.0986. The molecule has 0 bridgehead atoms. The van der Waals surface area contributed by atoms with Gasteiger partial charge in [-0.15, -0.1) is 0 Å². The third-order valence-electron chi connectivity index (χ3n) is 3.46. The van der Waals surface area contributed by atoms with Gasteiger partial charge < -0.3 is 10.1 Å². The Morgan fingerprint density at radius 3 is 3.00 bits per heavy atom. The van der Waals surface area contributed by atoms with Gasteiger partial charge in [-0.2, -0.15) is 0 Å². The predicted octanol–water partition coefficient (Wildman–Crippen LogP) is 2.90. The number of pyridine rings is 1. The molecular formula is C16H13ClN2O3. The number of rotatable bonds is 3. The highest BCUT2D eigenvalue weighted by atomic mass is 35.5. The van der Waals surface area contributed by atoms with Crippen LogP contribution in [-0.2, 0) is 20.9 Å².